The maximum atomic E-state index is 11.1. The number of rotatable bonds is 4. The van der Waals surface area contributed by atoms with E-state index in [0.29, 0.717) is 17.3 Å². The van der Waals surface area contributed by atoms with Crippen molar-refractivity contribution in [2.24, 2.45) is 0 Å². The lowest BCUT2D eigenvalue weighted by Gasteiger charge is -2.25. The summed E-state index contributed by atoms with van der Waals surface area (Å²) in [6.07, 6.45) is 1.55. The highest BCUT2D eigenvalue weighted by Gasteiger charge is 2.31. The lowest BCUT2D eigenvalue weighted by atomic mass is 10.1. The maximum absolute atomic E-state index is 11.1. The summed E-state index contributed by atoms with van der Waals surface area (Å²) in [6.45, 7) is 0.625. The van der Waals surface area contributed by atoms with Crippen LogP contribution < -0.4 is 4.90 Å². The van der Waals surface area contributed by atoms with Gasteiger partial charge in [-0.3, -0.25) is 14.9 Å². The number of halogens is 1. The molecule has 0 spiro atoms. The Hall–Kier alpha value is -1.82. The minimum atomic E-state index is -0.895. The molecule has 1 aromatic carbocycles. The summed E-state index contributed by atoms with van der Waals surface area (Å²) in [6, 6.07) is 4.27. The van der Waals surface area contributed by atoms with Crippen molar-refractivity contribution in [3.8, 4) is 0 Å². The van der Waals surface area contributed by atoms with Crippen LogP contribution in [0.25, 0.3) is 0 Å². The van der Waals surface area contributed by atoms with Gasteiger partial charge in [-0.2, -0.15) is 0 Å². The van der Waals surface area contributed by atoms with E-state index in [9.17, 15) is 14.9 Å². The Kier molecular flexibility index (Phi) is 3.90. The van der Waals surface area contributed by atoms with E-state index in [1.165, 1.54) is 6.07 Å². The molecule has 1 fully saturated rings. The van der Waals surface area contributed by atoms with Crippen LogP contribution in [0.5, 0.6) is 0 Å². The van der Waals surface area contributed by atoms with Crippen molar-refractivity contribution < 1.29 is 14.8 Å². The lowest BCUT2D eigenvalue weighted by Crippen LogP contribution is -2.31. The largest absolute Gasteiger partial charge is 0.481 e. The van der Waals surface area contributed by atoms with Crippen LogP contribution in [-0.4, -0.2) is 28.6 Å². The van der Waals surface area contributed by atoms with Gasteiger partial charge in [-0.25, -0.2) is 0 Å². The number of hydrogen-bond acceptors (Lipinski definition) is 4. The van der Waals surface area contributed by atoms with Gasteiger partial charge in [0.05, 0.1) is 11.3 Å². The molecule has 1 atom stereocenters. The van der Waals surface area contributed by atoms with Crippen molar-refractivity contribution >= 4 is 28.9 Å². The fourth-order valence-electron chi connectivity index (χ4n) is 2.45. The molecule has 0 radical (unpaired) electrons. The summed E-state index contributed by atoms with van der Waals surface area (Å²) in [5, 5.41) is 20.2. The Morgan fingerprint density at radius 3 is 2.95 bits per heavy atom. The molecular weight excluding hydrogens is 272 g/mol. The summed E-state index contributed by atoms with van der Waals surface area (Å²) in [5.74, 6) is -0.895. The SMILES string of the molecule is O=C(O)CC1CCCN1c1ccc(Cl)cc1[N+](=O)[O-]. The fraction of sp³-hybridized carbons (Fsp3) is 0.417. The van der Waals surface area contributed by atoms with Gasteiger partial charge in [-0.05, 0) is 25.0 Å². The van der Waals surface area contributed by atoms with E-state index in [-0.39, 0.29) is 18.2 Å². The van der Waals surface area contributed by atoms with Crippen molar-refractivity contribution in [3.05, 3.63) is 33.3 Å². The van der Waals surface area contributed by atoms with Crippen LogP contribution in [0.4, 0.5) is 11.4 Å². The first-order valence-electron chi connectivity index (χ1n) is 5.91. The third kappa shape index (κ3) is 2.96. The second-order valence-electron chi connectivity index (χ2n) is 4.48. The molecule has 19 heavy (non-hydrogen) atoms. The fourth-order valence-corrected chi connectivity index (χ4v) is 2.62. The second kappa shape index (κ2) is 5.44. The van der Waals surface area contributed by atoms with Gasteiger partial charge in [0.25, 0.3) is 5.69 Å². The Bertz CT molecular complexity index is 520. The average molecular weight is 285 g/mol. The normalized spacial score (nSPS) is 18.6. The highest BCUT2D eigenvalue weighted by molar-refractivity contribution is 6.30. The van der Waals surface area contributed by atoms with Gasteiger partial charge in [0.15, 0.2) is 0 Å². The van der Waals surface area contributed by atoms with Crippen molar-refractivity contribution in [1.29, 1.82) is 0 Å². The number of anilines is 1. The molecule has 1 aromatic rings. The topological polar surface area (TPSA) is 83.7 Å². The zero-order chi connectivity index (χ0) is 14.0. The molecule has 0 aromatic heterocycles. The number of carboxylic acid groups (broad SMARTS) is 1. The van der Waals surface area contributed by atoms with Gasteiger partial charge in [0.1, 0.15) is 5.69 Å². The van der Waals surface area contributed by atoms with Crippen LogP contribution in [0.1, 0.15) is 19.3 Å². The second-order valence-corrected chi connectivity index (χ2v) is 4.91. The third-order valence-electron chi connectivity index (χ3n) is 3.23. The van der Waals surface area contributed by atoms with Crippen LogP contribution >= 0.6 is 11.6 Å². The lowest BCUT2D eigenvalue weighted by molar-refractivity contribution is -0.384. The van der Waals surface area contributed by atoms with Gasteiger partial charge in [0.2, 0.25) is 0 Å². The molecule has 102 valence electrons. The summed E-state index contributed by atoms with van der Waals surface area (Å²) in [4.78, 5) is 23.2. The van der Waals surface area contributed by atoms with E-state index in [1.54, 1.807) is 17.0 Å². The molecule has 6 nitrogen and oxygen atoms in total. The molecule has 0 saturated carbocycles. The maximum Gasteiger partial charge on any atom is 0.305 e. The Morgan fingerprint density at radius 1 is 1.58 bits per heavy atom. The Morgan fingerprint density at radius 2 is 2.32 bits per heavy atom. The monoisotopic (exact) mass is 284 g/mol. The Labute approximate surface area is 114 Å². The number of hydrogen-bond donors (Lipinski definition) is 1. The van der Waals surface area contributed by atoms with Crippen LogP contribution in [0.15, 0.2) is 18.2 Å². The predicted octanol–water partition coefficient (Wildman–Crippen LogP) is 2.69. The first-order valence-corrected chi connectivity index (χ1v) is 6.29. The van der Waals surface area contributed by atoms with E-state index in [1.807, 2.05) is 0 Å². The molecule has 1 unspecified atom stereocenters. The first kappa shape index (κ1) is 13.6. The number of carboxylic acids is 1. The van der Waals surface area contributed by atoms with Crippen molar-refractivity contribution in [3.63, 3.8) is 0 Å². The van der Waals surface area contributed by atoms with E-state index < -0.39 is 10.9 Å². The molecule has 2 rings (SSSR count). The van der Waals surface area contributed by atoms with Gasteiger partial charge < -0.3 is 10.0 Å². The van der Waals surface area contributed by atoms with Gasteiger partial charge in [0, 0.05) is 23.7 Å². The Balaban J connectivity index is 2.35. The predicted molar refractivity (Wildman–Crippen MR) is 70.7 cm³/mol. The van der Waals surface area contributed by atoms with Crippen molar-refractivity contribution in [2.75, 3.05) is 11.4 Å². The molecule has 1 aliphatic heterocycles. The van der Waals surface area contributed by atoms with Crippen LogP contribution in [-0.2, 0) is 4.79 Å². The van der Waals surface area contributed by atoms with E-state index in [4.69, 9.17) is 16.7 Å². The summed E-state index contributed by atoms with van der Waals surface area (Å²) in [7, 11) is 0. The quantitative estimate of drug-likeness (QED) is 0.679. The highest BCUT2D eigenvalue weighted by Crippen LogP contribution is 2.36. The molecule has 1 aliphatic rings. The number of nitro groups is 1. The van der Waals surface area contributed by atoms with Gasteiger partial charge >= 0.3 is 5.97 Å². The molecule has 0 aliphatic carbocycles. The summed E-state index contributed by atoms with van der Waals surface area (Å²) < 4.78 is 0. The summed E-state index contributed by atoms with van der Waals surface area (Å²) in [5.41, 5.74) is 0.364. The highest BCUT2D eigenvalue weighted by atomic mass is 35.5. The zero-order valence-electron chi connectivity index (χ0n) is 10.1. The first-order chi connectivity index (χ1) is 8.99. The number of nitro benzene ring substituents is 1. The third-order valence-corrected chi connectivity index (χ3v) is 3.47. The smallest absolute Gasteiger partial charge is 0.305 e. The van der Waals surface area contributed by atoms with E-state index in [2.05, 4.69) is 0 Å². The minimum absolute atomic E-state index is 0.0141. The number of benzene rings is 1. The van der Waals surface area contributed by atoms with Crippen LogP contribution in [0.3, 0.4) is 0 Å². The number of carbonyl (C=O) groups is 1. The van der Waals surface area contributed by atoms with E-state index >= 15 is 0 Å². The number of aliphatic carboxylic acids is 1. The van der Waals surface area contributed by atoms with Gasteiger partial charge in [-0.1, -0.05) is 11.6 Å². The van der Waals surface area contributed by atoms with Crippen LogP contribution in [0.2, 0.25) is 5.02 Å². The van der Waals surface area contributed by atoms with Crippen LogP contribution in [0, 0.1) is 10.1 Å². The van der Waals surface area contributed by atoms with Crippen molar-refractivity contribution in [2.45, 2.75) is 25.3 Å². The zero-order valence-corrected chi connectivity index (χ0v) is 10.8. The molecule has 1 N–H and O–H groups in total. The molecule has 0 bridgehead atoms. The summed E-state index contributed by atoms with van der Waals surface area (Å²) >= 11 is 5.77. The van der Waals surface area contributed by atoms with Crippen molar-refractivity contribution in [1.82, 2.24) is 0 Å². The molecule has 1 heterocycles. The van der Waals surface area contributed by atoms with E-state index in [0.717, 1.165) is 12.8 Å². The average Bonchev–Trinajstić information content (AvgIpc) is 2.76. The standard InChI is InChI=1S/C12H13ClN2O4/c13-8-3-4-10(11(6-8)15(18)19)14-5-1-2-9(14)7-12(16)17/h3-4,6,9H,1-2,5,7H2,(H,16,17). The molecule has 1 saturated heterocycles. The van der Waals surface area contributed by atoms with Gasteiger partial charge in [-0.15, -0.1) is 0 Å². The molecule has 7 heteroatoms. The minimum Gasteiger partial charge on any atom is -0.481 e. The molecular formula is C12H13ClN2O4. The molecule has 0 amide bonds. The number of nitrogens with zero attached hydrogens (tertiary/aromatic N) is 2.